The van der Waals surface area contributed by atoms with Crippen LogP contribution in [0.25, 0.3) is 0 Å². The van der Waals surface area contributed by atoms with Crippen LogP contribution in [0.4, 0.5) is 0 Å². The average Bonchev–Trinajstić information content (AvgIpc) is 1.96. The average molecular weight is 199 g/mol. The van der Waals surface area contributed by atoms with Gasteiger partial charge in [0.25, 0.3) is 0 Å². The van der Waals surface area contributed by atoms with Gasteiger partial charge in [0, 0.05) is 12.8 Å². The van der Waals surface area contributed by atoms with Gasteiger partial charge < -0.3 is 9.63 Å². The molecule has 14 heavy (non-hydrogen) atoms. The van der Waals surface area contributed by atoms with Gasteiger partial charge in [-0.15, -0.1) is 0 Å². The highest BCUT2D eigenvalue weighted by Gasteiger charge is 2.22. The zero-order valence-electron chi connectivity index (χ0n) is 9.16. The molecule has 0 rings (SSSR count). The zero-order chi connectivity index (χ0) is 11.2. The third-order valence-electron chi connectivity index (χ3n) is 1.68. The van der Waals surface area contributed by atoms with Gasteiger partial charge in [0.05, 0.1) is 0 Å². The first-order valence-electron chi connectivity index (χ1n) is 4.46. The molecule has 0 heterocycles. The number of Topliss-reactive ketones (excluding diaryl/α,β-unsaturated/α-hetero) is 2. The van der Waals surface area contributed by atoms with Crippen LogP contribution in [0.15, 0.2) is 5.16 Å². The quantitative estimate of drug-likeness (QED) is 0.482. The van der Waals surface area contributed by atoms with Crippen molar-refractivity contribution >= 4 is 17.8 Å². The molecule has 4 heteroatoms. The molecule has 0 spiro atoms. The maximum absolute atomic E-state index is 11.3. The third-order valence-corrected chi connectivity index (χ3v) is 1.68. The standard InChI is InChI=1S/C10H17NO3/c1-8(12)5-10(2,3)6-9(13)7-11-14-4/h7H,5-6H2,1-4H3/b11-7+. The Morgan fingerprint density at radius 1 is 1.36 bits per heavy atom. The Balaban J connectivity index is 4.14. The molecule has 4 nitrogen and oxygen atoms in total. The van der Waals surface area contributed by atoms with E-state index in [0.717, 1.165) is 6.21 Å². The number of hydrogen-bond donors (Lipinski definition) is 0. The molecule has 0 aromatic rings. The van der Waals surface area contributed by atoms with Gasteiger partial charge >= 0.3 is 0 Å². The monoisotopic (exact) mass is 199 g/mol. The fourth-order valence-corrected chi connectivity index (χ4v) is 1.37. The van der Waals surface area contributed by atoms with Crippen molar-refractivity contribution < 1.29 is 14.4 Å². The van der Waals surface area contributed by atoms with Gasteiger partial charge in [0.2, 0.25) is 0 Å². The molecule has 0 aromatic carbocycles. The summed E-state index contributed by atoms with van der Waals surface area (Å²) in [6, 6.07) is 0. The molecule has 0 aliphatic carbocycles. The van der Waals surface area contributed by atoms with Gasteiger partial charge in [-0.1, -0.05) is 19.0 Å². The maximum Gasteiger partial charge on any atom is 0.177 e. The van der Waals surface area contributed by atoms with E-state index in [0.29, 0.717) is 12.8 Å². The normalized spacial score (nSPS) is 11.7. The van der Waals surface area contributed by atoms with Crippen LogP contribution in [-0.2, 0) is 14.4 Å². The topological polar surface area (TPSA) is 55.7 Å². The molecule has 0 N–H and O–H groups in total. The minimum atomic E-state index is -0.303. The Morgan fingerprint density at radius 2 is 1.93 bits per heavy atom. The van der Waals surface area contributed by atoms with Crippen LogP contribution in [-0.4, -0.2) is 24.9 Å². The van der Waals surface area contributed by atoms with Crippen LogP contribution < -0.4 is 0 Å². The lowest BCUT2D eigenvalue weighted by Gasteiger charge is -2.20. The Labute approximate surface area is 84.3 Å². The molecule has 0 amide bonds. The molecule has 0 unspecified atom stereocenters. The molecule has 0 saturated heterocycles. The number of oxime groups is 1. The number of rotatable bonds is 6. The summed E-state index contributed by atoms with van der Waals surface area (Å²) in [5.74, 6) is -0.0374. The SMILES string of the molecule is CO/N=C/C(=O)CC(C)(C)CC(C)=O. The molecule has 80 valence electrons. The van der Waals surface area contributed by atoms with Crippen molar-refractivity contribution in [2.24, 2.45) is 10.6 Å². The summed E-state index contributed by atoms with van der Waals surface area (Å²) in [5, 5.41) is 3.38. The van der Waals surface area contributed by atoms with E-state index in [9.17, 15) is 9.59 Å². The molecule has 0 fully saturated rings. The van der Waals surface area contributed by atoms with Crippen molar-refractivity contribution in [1.29, 1.82) is 0 Å². The Kier molecular flexibility index (Phi) is 5.05. The van der Waals surface area contributed by atoms with Gasteiger partial charge in [-0.25, -0.2) is 0 Å². The van der Waals surface area contributed by atoms with Crippen LogP contribution in [0.3, 0.4) is 0 Å². The molecule has 0 aromatic heterocycles. The Bertz CT molecular complexity index is 244. The molecule has 0 aliphatic heterocycles. The molecule has 0 radical (unpaired) electrons. The van der Waals surface area contributed by atoms with Gasteiger partial charge in [-0.3, -0.25) is 4.79 Å². The smallest absolute Gasteiger partial charge is 0.177 e. The predicted octanol–water partition coefficient (Wildman–Crippen LogP) is 1.58. The minimum absolute atomic E-state index is 0.0893. The summed E-state index contributed by atoms with van der Waals surface area (Å²) < 4.78 is 0. The van der Waals surface area contributed by atoms with E-state index in [1.54, 1.807) is 0 Å². The number of ketones is 2. The van der Waals surface area contributed by atoms with Crippen LogP contribution in [0.5, 0.6) is 0 Å². The number of nitrogens with zero attached hydrogens (tertiary/aromatic N) is 1. The van der Waals surface area contributed by atoms with Crippen LogP contribution >= 0.6 is 0 Å². The first kappa shape index (κ1) is 12.8. The van der Waals surface area contributed by atoms with E-state index >= 15 is 0 Å². The highest BCUT2D eigenvalue weighted by Crippen LogP contribution is 2.25. The predicted molar refractivity (Wildman–Crippen MR) is 54.2 cm³/mol. The highest BCUT2D eigenvalue weighted by atomic mass is 16.6. The van der Waals surface area contributed by atoms with Crippen molar-refractivity contribution in [1.82, 2.24) is 0 Å². The lowest BCUT2D eigenvalue weighted by molar-refractivity contribution is -0.120. The summed E-state index contributed by atoms with van der Waals surface area (Å²) in [6.45, 7) is 5.29. The second-order valence-corrected chi connectivity index (χ2v) is 4.10. The molecule has 0 saturated carbocycles. The lowest BCUT2D eigenvalue weighted by atomic mass is 9.83. The van der Waals surface area contributed by atoms with Crippen molar-refractivity contribution in [3.63, 3.8) is 0 Å². The molecule has 0 atom stereocenters. The first-order chi connectivity index (χ1) is 6.37. The van der Waals surface area contributed by atoms with E-state index in [2.05, 4.69) is 9.99 Å². The number of carbonyl (C=O) groups excluding carboxylic acids is 2. The summed E-state index contributed by atoms with van der Waals surface area (Å²) in [6.07, 6.45) is 1.85. The van der Waals surface area contributed by atoms with E-state index in [1.807, 2.05) is 13.8 Å². The second kappa shape index (κ2) is 5.52. The van der Waals surface area contributed by atoms with Crippen molar-refractivity contribution in [3.05, 3.63) is 0 Å². The summed E-state index contributed by atoms with van der Waals surface area (Å²) in [4.78, 5) is 26.5. The van der Waals surface area contributed by atoms with Crippen LogP contribution in [0, 0.1) is 5.41 Å². The van der Waals surface area contributed by atoms with E-state index in [-0.39, 0.29) is 17.0 Å². The summed E-state index contributed by atoms with van der Waals surface area (Å²) in [5.41, 5.74) is -0.303. The third kappa shape index (κ3) is 6.34. The van der Waals surface area contributed by atoms with Crippen molar-refractivity contribution in [2.45, 2.75) is 33.6 Å². The minimum Gasteiger partial charge on any atom is -0.399 e. The number of hydrogen-bond acceptors (Lipinski definition) is 4. The zero-order valence-corrected chi connectivity index (χ0v) is 9.16. The van der Waals surface area contributed by atoms with E-state index in [4.69, 9.17) is 0 Å². The maximum atomic E-state index is 11.3. The largest absolute Gasteiger partial charge is 0.399 e. The summed E-state index contributed by atoms with van der Waals surface area (Å²) in [7, 11) is 1.38. The fraction of sp³-hybridized carbons (Fsp3) is 0.700. The van der Waals surface area contributed by atoms with Crippen LogP contribution in [0.1, 0.15) is 33.6 Å². The summed E-state index contributed by atoms with van der Waals surface area (Å²) >= 11 is 0. The van der Waals surface area contributed by atoms with E-state index in [1.165, 1.54) is 14.0 Å². The Hall–Kier alpha value is -1.19. The molecular formula is C10H17NO3. The highest BCUT2D eigenvalue weighted by molar-refractivity contribution is 6.27. The Morgan fingerprint density at radius 3 is 2.36 bits per heavy atom. The van der Waals surface area contributed by atoms with Gasteiger partial charge in [0.15, 0.2) is 5.78 Å². The fourth-order valence-electron chi connectivity index (χ4n) is 1.37. The van der Waals surface area contributed by atoms with E-state index < -0.39 is 0 Å². The number of carbonyl (C=O) groups is 2. The van der Waals surface area contributed by atoms with Crippen LogP contribution in [0.2, 0.25) is 0 Å². The molecule has 0 bridgehead atoms. The van der Waals surface area contributed by atoms with Gasteiger partial charge in [-0.05, 0) is 12.3 Å². The van der Waals surface area contributed by atoms with Crippen molar-refractivity contribution in [3.8, 4) is 0 Å². The molecule has 0 aliphatic rings. The van der Waals surface area contributed by atoms with Gasteiger partial charge in [0.1, 0.15) is 19.1 Å². The van der Waals surface area contributed by atoms with Crippen molar-refractivity contribution in [2.75, 3.05) is 7.11 Å². The lowest BCUT2D eigenvalue weighted by Crippen LogP contribution is -2.20. The molecular weight excluding hydrogens is 182 g/mol. The first-order valence-corrected chi connectivity index (χ1v) is 4.46. The van der Waals surface area contributed by atoms with Gasteiger partial charge in [-0.2, -0.15) is 0 Å². The second-order valence-electron chi connectivity index (χ2n) is 4.10.